The van der Waals surface area contributed by atoms with E-state index in [0.717, 1.165) is 32.1 Å². The second kappa shape index (κ2) is 10.6. The number of aliphatic hydroxyl groups is 2. The maximum atomic E-state index is 10.4. The molecule has 1 rings (SSSR count). The fourth-order valence-corrected chi connectivity index (χ4v) is 3.29. The largest absolute Gasteiger partial charge is 0.481 e. The van der Waals surface area contributed by atoms with Crippen LogP contribution in [0, 0.1) is 17.8 Å². The molecule has 0 aromatic rings. The van der Waals surface area contributed by atoms with Gasteiger partial charge in [-0.25, -0.2) is 0 Å². The molecule has 0 heterocycles. The van der Waals surface area contributed by atoms with E-state index in [-0.39, 0.29) is 18.4 Å². The highest BCUT2D eigenvalue weighted by Crippen LogP contribution is 2.36. The second-order valence-corrected chi connectivity index (χ2v) is 7.04. The second-order valence-electron chi connectivity index (χ2n) is 7.04. The van der Waals surface area contributed by atoms with Crippen LogP contribution in [0.4, 0.5) is 0 Å². The Morgan fingerprint density at radius 2 is 1.91 bits per heavy atom. The van der Waals surface area contributed by atoms with E-state index >= 15 is 0 Å². The number of carbonyl (C=O) groups is 1. The zero-order chi connectivity index (χ0) is 17.2. The predicted octanol–water partition coefficient (Wildman–Crippen LogP) is 3.54. The molecule has 4 atom stereocenters. The first kappa shape index (κ1) is 19.9. The summed E-state index contributed by atoms with van der Waals surface area (Å²) in [7, 11) is 0. The Hall–Kier alpha value is -1.13. The van der Waals surface area contributed by atoms with Crippen molar-refractivity contribution in [3.63, 3.8) is 0 Å². The highest BCUT2D eigenvalue weighted by atomic mass is 16.4. The number of hydrogen-bond donors (Lipinski definition) is 3. The summed E-state index contributed by atoms with van der Waals surface area (Å²) in [5, 5.41) is 28.7. The van der Waals surface area contributed by atoms with E-state index in [9.17, 15) is 15.0 Å². The van der Waals surface area contributed by atoms with Crippen molar-refractivity contribution in [2.75, 3.05) is 0 Å². The normalized spacial score (nSPS) is 26.6. The van der Waals surface area contributed by atoms with Crippen LogP contribution < -0.4 is 0 Å². The Balaban J connectivity index is 2.39. The van der Waals surface area contributed by atoms with Gasteiger partial charge in [0.15, 0.2) is 0 Å². The minimum Gasteiger partial charge on any atom is -0.481 e. The number of carboxylic acid groups (broad SMARTS) is 1. The van der Waals surface area contributed by atoms with Gasteiger partial charge in [0.05, 0.1) is 12.2 Å². The van der Waals surface area contributed by atoms with Crippen molar-refractivity contribution >= 4 is 5.97 Å². The van der Waals surface area contributed by atoms with E-state index in [0.29, 0.717) is 18.3 Å². The first-order valence-electron chi connectivity index (χ1n) is 8.81. The Morgan fingerprint density at radius 1 is 1.22 bits per heavy atom. The lowest BCUT2D eigenvalue weighted by Crippen LogP contribution is -2.18. The Labute approximate surface area is 139 Å². The van der Waals surface area contributed by atoms with Crippen molar-refractivity contribution in [2.24, 2.45) is 17.8 Å². The van der Waals surface area contributed by atoms with Crippen molar-refractivity contribution in [1.29, 1.82) is 0 Å². The molecule has 1 fully saturated rings. The SMILES string of the molecule is CC(C)CC(O)/C=C/C1CCC(O)C1CC/C=C\CCC(=O)O. The molecule has 4 nitrogen and oxygen atoms in total. The summed E-state index contributed by atoms with van der Waals surface area (Å²) in [5.74, 6) is 0.266. The number of hydrogen-bond acceptors (Lipinski definition) is 3. The van der Waals surface area contributed by atoms with E-state index < -0.39 is 12.1 Å². The van der Waals surface area contributed by atoms with Crippen LogP contribution in [-0.2, 0) is 4.79 Å². The summed E-state index contributed by atoms with van der Waals surface area (Å²) in [4.78, 5) is 10.4. The first-order valence-corrected chi connectivity index (χ1v) is 8.81. The summed E-state index contributed by atoms with van der Waals surface area (Å²) < 4.78 is 0. The fraction of sp³-hybridized carbons (Fsp3) is 0.737. The molecule has 4 heteroatoms. The van der Waals surface area contributed by atoms with E-state index in [4.69, 9.17) is 5.11 Å². The van der Waals surface area contributed by atoms with Gasteiger partial charge in [-0.15, -0.1) is 0 Å². The third kappa shape index (κ3) is 8.33. The molecule has 1 aliphatic carbocycles. The van der Waals surface area contributed by atoms with Crippen molar-refractivity contribution < 1.29 is 20.1 Å². The van der Waals surface area contributed by atoms with Crippen molar-refractivity contribution in [3.8, 4) is 0 Å². The minimum absolute atomic E-state index is 0.168. The Morgan fingerprint density at radius 3 is 2.57 bits per heavy atom. The molecule has 0 amide bonds. The van der Waals surface area contributed by atoms with E-state index in [1.807, 2.05) is 18.2 Å². The van der Waals surface area contributed by atoms with Gasteiger partial charge < -0.3 is 15.3 Å². The molecule has 3 N–H and O–H groups in total. The molecule has 0 radical (unpaired) electrons. The Bertz CT molecular complexity index is 400. The summed E-state index contributed by atoms with van der Waals surface area (Å²) >= 11 is 0. The molecule has 0 bridgehead atoms. The molecule has 4 unspecified atom stereocenters. The van der Waals surface area contributed by atoms with Gasteiger partial charge in [-0.1, -0.05) is 38.2 Å². The highest BCUT2D eigenvalue weighted by molar-refractivity contribution is 5.66. The van der Waals surface area contributed by atoms with Crippen LogP contribution in [0.15, 0.2) is 24.3 Å². The maximum absolute atomic E-state index is 10.4. The summed E-state index contributed by atoms with van der Waals surface area (Å²) in [5.41, 5.74) is 0. The highest BCUT2D eigenvalue weighted by Gasteiger charge is 2.32. The average molecular weight is 324 g/mol. The monoisotopic (exact) mass is 324 g/mol. The predicted molar refractivity (Wildman–Crippen MR) is 92.1 cm³/mol. The minimum atomic E-state index is -0.772. The molecule has 0 aromatic carbocycles. The molecular formula is C19H32O4. The topological polar surface area (TPSA) is 77.8 Å². The van der Waals surface area contributed by atoms with Gasteiger partial charge in [0, 0.05) is 6.42 Å². The van der Waals surface area contributed by atoms with Crippen molar-refractivity contribution in [3.05, 3.63) is 24.3 Å². The summed E-state index contributed by atoms with van der Waals surface area (Å²) in [6.07, 6.45) is 12.3. The zero-order valence-corrected chi connectivity index (χ0v) is 14.4. The van der Waals surface area contributed by atoms with Gasteiger partial charge in [-0.2, -0.15) is 0 Å². The Kier molecular flexibility index (Phi) is 9.19. The summed E-state index contributed by atoms with van der Waals surface area (Å²) in [6.45, 7) is 4.19. The zero-order valence-electron chi connectivity index (χ0n) is 14.4. The lowest BCUT2D eigenvalue weighted by molar-refractivity contribution is -0.136. The molecule has 0 aliphatic heterocycles. The van der Waals surface area contributed by atoms with Crippen LogP contribution in [-0.4, -0.2) is 33.5 Å². The number of rotatable bonds is 10. The van der Waals surface area contributed by atoms with Crippen molar-refractivity contribution in [1.82, 2.24) is 0 Å². The van der Waals surface area contributed by atoms with Crippen LogP contribution in [0.25, 0.3) is 0 Å². The van der Waals surface area contributed by atoms with E-state index in [2.05, 4.69) is 19.9 Å². The van der Waals surface area contributed by atoms with Crippen LogP contribution in [0.3, 0.4) is 0 Å². The maximum Gasteiger partial charge on any atom is 0.303 e. The molecule has 0 aromatic heterocycles. The lowest BCUT2D eigenvalue weighted by Gasteiger charge is -2.19. The fourth-order valence-electron chi connectivity index (χ4n) is 3.29. The van der Waals surface area contributed by atoms with Gasteiger partial charge in [-0.3, -0.25) is 4.79 Å². The van der Waals surface area contributed by atoms with Gasteiger partial charge >= 0.3 is 5.97 Å². The van der Waals surface area contributed by atoms with Crippen LogP contribution >= 0.6 is 0 Å². The average Bonchev–Trinajstić information content (AvgIpc) is 2.80. The molecule has 132 valence electrons. The van der Waals surface area contributed by atoms with Gasteiger partial charge in [0.2, 0.25) is 0 Å². The van der Waals surface area contributed by atoms with Gasteiger partial charge in [-0.05, 0) is 56.3 Å². The molecule has 1 saturated carbocycles. The molecule has 1 aliphatic rings. The van der Waals surface area contributed by atoms with Gasteiger partial charge in [0.1, 0.15) is 0 Å². The third-order valence-electron chi connectivity index (χ3n) is 4.49. The van der Waals surface area contributed by atoms with Crippen LogP contribution in [0.5, 0.6) is 0 Å². The van der Waals surface area contributed by atoms with Crippen molar-refractivity contribution in [2.45, 2.75) is 71.0 Å². The van der Waals surface area contributed by atoms with Crippen LogP contribution in [0.2, 0.25) is 0 Å². The smallest absolute Gasteiger partial charge is 0.303 e. The van der Waals surface area contributed by atoms with Crippen LogP contribution in [0.1, 0.15) is 58.8 Å². The number of allylic oxidation sites excluding steroid dienone is 3. The molecule has 23 heavy (non-hydrogen) atoms. The first-order chi connectivity index (χ1) is 10.9. The summed E-state index contributed by atoms with van der Waals surface area (Å²) in [6, 6.07) is 0. The number of aliphatic carboxylic acids is 1. The number of carboxylic acids is 1. The molecular weight excluding hydrogens is 292 g/mol. The third-order valence-corrected chi connectivity index (χ3v) is 4.49. The molecule has 0 spiro atoms. The van der Waals surface area contributed by atoms with E-state index in [1.54, 1.807) is 0 Å². The standard InChI is InChI=1S/C19H32O4/c1-14(2)13-16(20)11-9-15-10-12-18(21)17(15)7-5-3-4-6-8-19(22)23/h3-4,9,11,14-18,20-21H,5-8,10,12-13H2,1-2H3,(H,22,23)/b4-3-,11-9+. The number of aliphatic hydroxyl groups excluding tert-OH is 2. The lowest BCUT2D eigenvalue weighted by atomic mass is 9.89. The molecule has 0 saturated heterocycles. The van der Waals surface area contributed by atoms with E-state index in [1.165, 1.54) is 0 Å². The van der Waals surface area contributed by atoms with Gasteiger partial charge in [0.25, 0.3) is 0 Å². The quantitative estimate of drug-likeness (QED) is 0.537.